The van der Waals surface area contributed by atoms with Crippen LogP contribution in [0.15, 0.2) is 30.8 Å². The van der Waals surface area contributed by atoms with Crippen molar-refractivity contribution in [2.24, 2.45) is 0 Å². The maximum Gasteiger partial charge on any atom is 0.326 e. The third-order valence-electron chi connectivity index (χ3n) is 6.75. The molecule has 0 saturated carbocycles. The molecule has 0 bridgehead atoms. The fraction of sp³-hybridized carbons (Fsp3) is 0.240. The van der Waals surface area contributed by atoms with Crippen molar-refractivity contribution in [1.29, 1.82) is 0 Å². The van der Waals surface area contributed by atoms with E-state index in [-0.39, 0.29) is 5.39 Å². The van der Waals surface area contributed by atoms with E-state index in [0.717, 1.165) is 22.3 Å². The number of nitrogens with one attached hydrogen (secondary N) is 1. The van der Waals surface area contributed by atoms with Gasteiger partial charge in [-0.15, -0.1) is 0 Å². The van der Waals surface area contributed by atoms with E-state index in [1.807, 2.05) is 13.8 Å². The number of halogens is 1. The van der Waals surface area contributed by atoms with Crippen molar-refractivity contribution in [3.8, 4) is 5.75 Å². The third-order valence-corrected chi connectivity index (χ3v) is 8.13. The predicted octanol–water partition coefficient (Wildman–Crippen LogP) is 4.47. The fourth-order valence-electron chi connectivity index (χ4n) is 4.50. The molecule has 0 aliphatic carbocycles. The minimum Gasteiger partial charge on any atom is -0.506 e. The first-order valence-corrected chi connectivity index (χ1v) is 11.8. The van der Waals surface area contributed by atoms with E-state index < -0.39 is 39.9 Å². The van der Waals surface area contributed by atoms with Crippen LogP contribution in [0.25, 0.3) is 16.3 Å². The van der Waals surface area contributed by atoms with E-state index in [1.165, 1.54) is 22.8 Å². The highest BCUT2D eigenvalue weighted by Crippen LogP contribution is 2.40. The molecule has 6 nitrogen and oxygen atoms in total. The molecule has 1 amide bonds. The minimum atomic E-state index is -4.28. The van der Waals surface area contributed by atoms with Gasteiger partial charge in [0.05, 0.1) is 0 Å². The summed E-state index contributed by atoms with van der Waals surface area (Å²) in [5.41, 5.74) is 7.59. The highest BCUT2D eigenvalue weighted by Gasteiger charge is 2.37. The Labute approximate surface area is 192 Å². The smallest absolute Gasteiger partial charge is 0.326 e. The lowest BCUT2D eigenvalue weighted by Gasteiger charge is -2.21. The highest BCUT2D eigenvalue weighted by atomic mass is 32.2. The van der Waals surface area contributed by atoms with E-state index in [1.54, 1.807) is 22.9 Å². The normalized spacial score (nSPS) is 15.2. The molecule has 8 heteroatoms. The molecular weight excluding hydrogens is 443 g/mol. The number of carbonyl (C=O) groups excluding carboxylic acids is 1. The molecule has 0 atom stereocenters. The number of carbonyl (C=O) groups is 1. The fourth-order valence-corrected chi connectivity index (χ4v) is 5.66. The van der Waals surface area contributed by atoms with E-state index in [0.29, 0.717) is 15.3 Å². The average molecular weight is 469 g/mol. The van der Waals surface area contributed by atoms with Gasteiger partial charge in [-0.1, -0.05) is 18.7 Å². The molecule has 172 valence electrons. The van der Waals surface area contributed by atoms with Crippen molar-refractivity contribution in [2.45, 2.75) is 34.6 Å². The van der Waals surface area contributed by atoms with Crippen LogP contribution in [-0.2, 0) is 15.0 Å². The standard InChI is InChI=1S/C25H25FN2O4S/c1-12-13(2)15(4)23(16(5)14(12)3)17(6)18-7-8-19-10-21(29)25(24(26)20(19)9-18)28-11-22(30)27-33(28,31)32/h7-10,29H,6,11H2,1-5H3,(H,27,30). The van der Waals surface area contributed by atoms with Crippen molar-refractivity contribution in [3.63, 3.8) is 0 Å². The number of phenolic OH excluding ortho intramolecular Hbond substituents is 1. The topological polar surface area (TPSA) is 86.7 Å². The second-order valence-corrected chi connectivity index (χ2v) is 10.1. The summed E-state index contributed by atoms with van der Waals surface area (Å²) in [6.07, 6.45) is 0. The molecule has 0 aromatic heterocycles. The lowest BCUT2D eigenvalue weighted by molar-refractivity contribution is -0.117. The van der Waals surface area contributed by atoms with Crippen LogP contribution < -0.4 is 9.03 Å². The quantitative estimate of drug-likeness (QED) is 0.594. The molecule has 0 spiro atoms. The van der Waals surface area contributed by atoms with Gasteiger partial charge in [-0.3, -0.25) is 4.79 Å². The Kier molecular flexibility index (Phi) is 5.24. The van der Waals surface area contributed by atoms with Crippen molar-refractivity contribution in [3.05, 3.63) is 75.6 Å². The summed E-state index contributed by atoms with van der Waals surface area (Å²) < 4.78 is 42.4. The largest absolute Gasteiger partial charge is 0.506 e. The number of amides is 1. The van der Waals surface area contributed by atoms with Gasteiger partial charge in [-0.25, -0.2) is 13.4 Å². The number of benzene rings is 3. The number of rotatable bonds is 3. The van der Waals surface area contributed by atoms with Crippen molar-refractivity contribution < 1.29 is 22.7 Å². The number of hydrogen-bond acceptors (Lipinski definition) is 4. The highest BCUT2D eigenvalue weighted by molar-refractivity contribution is 7.92. The van der Waals surface area contributed by atoms with Crippen molar-refractivity contribution in [1.82, 2.24) is 4.72 Å². The van der Waals surface area contributed by atoms with Crippen LogP contribution in [0.4, 0.5) is 10.1 Å². The van der Waals surface area contributed by atoms with Gasteiger partial charge in [0, 0.05) is 5.39 Å². The first-order chi connectivity index (χ1) is 15.3. The Balaban J connectivity index is 1.91. The van der Waals surface area contributed by atoms with E-state index in [4.69, 9.17) is 0 Å². The lowest BCUT2D eigenvalue weighted by atomic mass is 9.84. The van der Waals surface area contributed by atoms with Crippen LogP contribution >= 0.6 is 0 Å². The molecular formula is C25H25FN2O4S. The van der Waals surface area contributed by atoms with Crippen LogP contribution in [0.1, 0.15) is 38.9 Å². The second kappa shape index (κ2) is 7.59. The molecule has 4 rings (SSSR count). The Morgan fingerprint density at radius 2 is 1.61 bits per heavy atom. The van der Waals surface area contributed by atoms with E-state index in [9.17, 15) is 18.3 Å². The maximum absolute atomic E-state index is 15.6. The summed E-state index contributed by atoms with van der Waals surface area (Å²) in [6.45, 7) is 14.0. The molecule has 1 aliphatic rings. The maximum atomic E-state index is 15.6. The summed E-state index contributed by atoms with van der Waals surface area (Å²) in [6, 6.07) is 6.33. The summed E-state index contributed by atoms with van der Waals surface area (Å²) in [5, 5.41) is 10.9. The van der Waals surface area contributed by atoms with Gasteiger partial charge in [0.1, 0.15) is 18.0 Å². The average Bonchev–Trinajstić information content (AvgIpc) is 3.02. The first-order valence-electron chi connectivity index (χ1n) is 10.4. The van der Waals surface area contributed by atoms with Gasteiger partial charge in [0.15, 0.2) is 5.82 Å². The lowest BCUT2D eigenvalue weighted by Crippen LogP contribution is -2.30. The molecule has 0 unspecified atom stereocenters. The third kappa shape index (κ3) is 3.45. The summed E-state index contributed by atoms with van der Waals surface area (Å²) >= 11 is 0. The van der Waals surface area contributed by atoms with Crippen LogP contribution in [-0.4, -0.2) is 26.0 Å². The Hall–Kier alpha value is -3.39. The van der Waals surface area contributed by atoms with E-state index in [2.05, 4.69) is 27.4 Å². The Morgan fingerprint density at radius 1 is 1.03 bits per heavy atom. The molecule has 2 N–H and O–H groups in total. The zero-order valence-electron chi connectivity index (χ0n) is 19.1. The number of fused-ring (bicyclic) bond motifs is 1. The van der Waals surface area contributed by atoms with Crippen molar-refractivity contribution >= 4 is 38.1 Å². The predicted molar refractivity (Wildman–Crippen MR) is 128 cm³/mol. The molecule has 1 aliphatic heterocycles. The molecule has 1 fully saturated rings. The van der Waals surface area contributed by atoms with Gasteiger partial charge in [-0.05, 0) is 96.7 Å². The number of nitrogens with zero attached hydrogens (tertiary/aromatic N) is 1. The zero-order chi connectivity index (χ0) is 24.4. The number of hydrogen-bond donors (Lipinski definition) is 2. The Bertz CT molecular complexity index is 1460. The monoisotopic (exact) mass is 468 g/mol. The Morgan fingerprint density at radius 3 is 2.15 bits per heavy atom. The van der Waals surface area contributed by atoms with Gasteiger partial charge < -0.3 is 5.11 Å². The minimum absolute atomic E-state index is 0.117. The SMILES string of the molecule is C=C(c1ccc2cc(O)c(N3CC(=O)NS3(=O)=O)c(F)c2c1)c1c(C)c(C)c(C)c(C)c1C. The second-order valence-electron chi connectivity index (χ2n) is 8.51. The molecule has 1 heterocycles. The zero-order valence-corrected chi connectivity index (χ0v) is 19.9. The van der Waals surface area contributed by atoms with Gasteiger partial charge in [0.2, 0.25) is 0 Å². The molecule has 0 radical (unpaired) electrons. The number of phenols is 1. The van der Waals surface area contributed by atoms with Crippen LogP contribution in [0.3, 0.4) is 0 Å². The number of aromatic hydroxyl groups is 1. The molecule has 33 heavy (non-hydrogen) atoms. The van der Waals surface area contributed by atoms with Crippen LogP contribution in [0, 0.1) is 40.4 Å². The first kappa shape index (κ1) is 22.8. The van der Waals surface area contributed by atoms with Gasteiger partial charge in [0.25, 0.3) is 5.91 Å². The summed E-state index contributed by atoms with van der Waals surface area (Å²) in [4.78, 5) is 11.6. The van der Waals surface area contributed by atoms with Crippen LogP contribution in [0.5, 0.6) is 5.75 Å². The van der Waals surface area contributed by atoms with Gasteiger partial charge >= 0.3 is 10.2 Å². The molecule has 1 saturated heterocycles. The van der Waals surface area contributed by atoms with Crippen molar-refractivity contribution in [2.75, 3.05) is 10.8 Å². The summed E-state index contributed by atoms with van der Waals surface area (Å²) in [5.74, 6) is -2.29. The molecule has 3 aromatic rings. The number of anilines is 1. The van der Waals surface area contributed by atoms with Gasteiger partial charge in [-0.2, -0.15) is 8.42 Å². The molecule has 3 aromatic carbocycles. The summed E-state index contributed by atoms with van der Waals surface area (Å²) in [7, 11) is -4.28. The van der Waals surface area contributed by atoms with E-state index >= 15 is 4.39 Å². The van der Waals surface area contributed by atoms with Crippen LogP contribution in [0.2, 0.25) is 0 Å².